The van der Waals surface area contributed by atoms with E-state index in [2.05, 4.69) is 19.8 Å². The van der Waals surface area contributed by atoms with Crippen molar-refractivity contribution >= 4 is 21.7 Å². The van der Waals surface area contributed by atoms with Gasteiger partial charge in [0, 0.05) is 18.8 Å². The number of carboxylic acids is 1. The Morgan fingerprint density at radius 1 is 1.11 bits per heavy atom. The number of carboxylic acid groups (broad SMARTS) is 1. The molecule has 0 bridgehead atoms. The van der Waals surface area contributed by atoms with Crippen molar-refractivity contribution in [3.05, 3.63) is 78.0 Å². The number of pyridine rings is 1. The maximum Gasteiger partial charge on any atom is 0.335 e. The summed E-state index contributed by atoms with van der Waals surface area (Å²) in [5.74, 6) is -1.61. The lowest BCUT2D eigenvalue weighted by atomic mass is 10.0. The van der Waals surface area contributed by atoms with Crippen LogP contribution in [0.1, 0.15) is 34.7 Å². The van der Waals surface area contributed by atoms with Gasteiger partial charge in [0.1, 0.15) is 12.1 Å². The molecule has 1 aliphatic carbocycles. The van der Waals surface area contributed by atoms with E-state index in [0.717, 1.165) is 18.9 Å². The lowest BCUT2D eigenvalue weighted by Crippen LogP contribution is -2.17. The monoisotopic (exact) mass is 493 g/mol. The predicted octanol–water partition coefficient (Wildman–Crippen LogP) is 4.06. The zero-order valence-corrected chi connectivity index (χ0v) is 19.3. The zero-order valence-electron chi connectivity index (χ0n) is 18.5. The number of nitrogens with one attached hydrogen (secondary N) is 1. The summed E-state index contributed by atoms with van der Waals surface area (Å²) in [6, 6.07) is 11.7. The first kappa shape index (κ1) is 22.7. The first-order chi connectivity index (χ1) is 16.7. The van der Waals surface area contributed by atoms with Crippen LogP contribution in [0.3, 0.4) is 0 Å². The molecule has 11 heteroatoms. The minimum Gasteiger partial charge on any atom is -0.478 e. The van der Waals surface area contributed by atoms with Crippen molar-refractivity contribution in [2.75, 3.05) is 4.72 Å². The summed E-state index contributed by atoms with van der Waals surface area (Å²) in [7, 11) is -2.66. The van der Waals surface area contributed by atoms with Crippen LogP contribution in [0.4, 0.5) is 10.1 Å². The molecule has 2 aromatic carbocycles. The molecule has 4 aromatic rings. The standard InChI is InChI=1S/C24H20FN5O4S/c1-30-23(27-13-28-30)17-12-21(18(11-19(17)25)20-4-2-3-9-26-20)29-35(33,34)22-10-15(24(31)32)7-8-16(22)14-5-6-14/h2-4,7-14,29H,5-6H2,1H3,(H,31,32). The van der Waals surface area contributed by atoms with Crippen LogP contribution >= 0.6 is 0 Å². The van der Waals surface area contributed by atoms with Gasteiger partial charge in [0.15, 0.2) is 5.82 Å². The predicted molar refractivity (Wildman–Crippen MR) is 126 cm³/mol. The molecule has 0 aliphatic heterocycles. The maximum atomic E-state index is 15.2. The number of anilines is 1. The minimum atomic E-state index is -4.25. The second-order valence-electron chi connectivity index (χ2n) is 8.24. The van der Waals surface area contributed by atoms with E-state index in [9.17, 15) is 18.3 Å². The Morgan fingerprint density at radius 3 is 2.54 bits per heavy atom. The molecule has 0 radical (unpaired) electrons. The van der Waals surface area contributed by atoms with Crippen molar-refractivity contribution in [2.45, 2.75) is 23.7 Å². The van der Waals surface area contributed by atoms with Crippen LogP contribution in [0, 0.1) is 5.82 Å². The summed E-state index contributed by atoms with van der Waals surface area (Å²) in [5, 5.41) is 13.4. The Morgan fingerprint density at radius 2 is 1.91 bits per heavy atom. The number of carbonyl (C=O) groups is 1. The number of nitrogens with zero attached hydrogens (tertiary/aromatic N) is 4. The van der Waals surface area contributed by atoms with Crippen molar-refractivity contribution in [3.63, 3.8) is 0 Å². The van der Waals surface area contributed by atoms with Crippen LogP contribution in [-0.2, 0) is 17.1 Å². The second-order valence-corrected chi connectivity index (χ2v) is 9.89. The number of halogens is 1. The van der Waals surface area contributed by atoms with Gasteiger partial charge in [-0.05, 0) is 60.7 Å². The fourth-order valence-electron chi connectivity index (χ4n) is 3.93. The molecule has 0 spiro atoms. The molecule has 0 saturated heterocycles. The lowest BCUT2D eigenvalue weighted by molar-refractivity contribution is 0.0696. The molecule has 5 rings (SSSR count). The smallest absolute Gasteiger partial charge is 0.335 e. The number of aromatic nitrogens is 4. The van der Waals surface area contributed by atoms with E-state index < -0.39 is 21.8 Å². The molecule has 1 fully saturated rings. The van der Waals surface area contributed by atoms with Crippen molar-refractivity contribution < 1.29 is 22.7 Å². The summed E-state index contributed by atoms with van der Waals surface area (Å²) in [6.45, 7) is 0. The normalized spacial score (nSPS) is 13.5. The van der Waals surface area contributed by atoms with Crippen molar-refractivity contribution in [3.8, 4) is 22.6 Å². The molecule has 2 heterocycles. The lowest BCUT2D eigenvalue weighted by Gasteiger charge is -2.17. The molecule has 178 valence electrons. The average molecular weight is 494 g/mol. The van der Waals surface area contributed by atoms with Gasteiger partial charge in [0.05, 0.1) is 27.4 Å². The third-order valence-electron chi connectivity index (χ3n) is 5.81. The van der Waals surface area contributed by atoms with Gasteiger partial charge >= 0.3 is 5.97 Å². The average Bonchev–Trinajstić information content (AvgIpc) is 3.60. The molecule has 9 nitrogen and oxygen atoms in total. The highest BCUT2D eigenvalue weighted by Crippen LogP contribution is 2.44. The first-order valence-corrected chi connectivity index (χ1v) is 12.2. The van der Waals surface area contributed by atoms with E-state index in [1.165, 1.54) is 35.4 Å². The SMILES string of the molecule is Cn1ncnc1-c1cc(NS(=O)(=O)c2cc(C(=O)O)ccc2C2CC2)c(-c2ccccn2)cc1F. The van der Waals surface area contributed by atoms with Crippen LogP contribution in [0.25, 0.3) is 22.6 Å². The zero-order chi connectivity index (χ0) is 24.7. The number of rotatable bonds is 7. The molecular formula is C24H20FN5O4S. The van der Waals surface area contributed by atoms with Crippen LogP contribution in [-0.4, -0.2) is 39.2 Å². The number of aromatic carboxylic acids is 1. The first-order valence-electron chi connectivity index (χ1n) is 10.7. The largest absolute Gasteiger partial charge is 0.478 e. The summed E-state index contributed by atoms with van der Waals surface area (Å²) in [4.78, 5) is 19.7. The fraction of sp³-hybridized carbons (Fsp3) is 0.167. The number of hydrogen-bond donors (Lipinski definition) is 2. The van der Waals surface area contributed by atoms with Gasteiger partial charge in [-0.2, -0.15) is 5.10 Å². The van der Waals surface area contributed by atoms with Crippen molar-refractivity contribution in [1.29, 1.82) is 0 Å². The van der Waals surface area contributed by atoms with Gasteiger partial charge in [-0.15, -0.1) is 0 Å². The van der Waals surface area contributed by atoms with E-state index >= 15 is 4.39 Å². The highest BCUT2D eigenvalue weighted by atomic mass is 32.2. The summed E-state index contributed by atoms with van der Waals surface area (Å²) >= 11 is 0. The third kappa shape index (κ3) is 4.37. The number of hydrogen-bond acceptors (Lipinski definition) is 6. The van der Waals surface area contributed by atoms with Gasteiger partial charge in [0.2, 0.25) is 0 Å². The molecule has 2 N–H and O–H groups in total. The Bertz CT molecular complexity index is 1550. The van der Waals surface area contributed by atoms with E-state index in [-0.39, 0.29) is 39.0 Å². The van der Waals surface area contributed by atoms with Crippen molar-refractivity contribution in [2.24, 2.45) is 7.05 Å². The van der Waals surface area contributed by atoms with E-state index in [4.69, 9.17) is 0 Å². The highest BCUT2D eigenvalue weighted by Gasteiger charge is 2.32. The topological polar surface area (TPSA) is 127 Å². The van der Waals surface area contributed by atoms with Gasteiger partial charge < -0.3 is 5.11 Å². The Balaban J connectivity index is 1.67. The van der Waals surface area contributed by atoms with Crippen LogP contribution in [0.2, 0.25) is 0 Å². The van der Waals surface area contributed by atoms with Crippen molar-refractivity contribution in [1.82, 2.24) is 19.7 Å². The van der Waals surface area contributed by atoms with Gasteiger partial charge in [-0.25, -0.2) is 27.3 Å². The summed E-state index contributed by atoms with van der Waals surface area (Å²) < 4.78 is 46.3. The highest BCUT2D eigenvalue weighted by molar-refractivity contribution is 7.92. The molecule has 35 heavy (non-hydrogen) atoms. The fourth-order valence-corrected chi connectivity index (χ4v) is 5.33. The maximum absolute atomic E-state index is 15.2. The van der Waals surface area contributed by atoms with Crippen LogP contribution < -0.4 is 4.72 Å². The Kier molecular flexibility index (Phi) is 5.56. The van der Waals surface area contributed by atoms with Gasteiger partial charge in [0.25, 0.3) is 10.0 Å². The van der Waals surface area contributed by atoms with Gasteiger partial charge in [-0.1, -0.05) is 12.1 Å². The Hall–Kier alpha value is -4.12. The number of sulfonamides is 1. The molecule has 0 amide bonds. The Labute approximate surface area is 200 Å². The summed E-state index contributed by atoms with van der Waals surface area (Å²) in [5.41, 5.74) is 1.11. The van der Waals surface area contributed by atoms with Crippen LogP contribution in [0.15, 0.2) is 66.0 Å². The summed E-state index contributed by atoms with van der Waals surface area (Å²) in [6.07, 6.45) is 4.43. The number of benzene rings is 2. The molecular weight excluding hydrogens is 473 g/mol. The molecule has 0 unspecified atom stereocenters. The van der Waals surface area contributed by atoms with E-state index in [1.807, 2.05) is 0 Å². The van der Waals surface area contributed by atoms with Gasteiger partial charge in [-0.3, -0.25) is 9.71 Å². The third-order valence-corrected chi connectivity index (χ3v) is 7.23. The molecule has 1 aliphatic rings. The molecule has 2 aromatic heterocycles. The minimum absolute atomic E-state index is 0.0436. The van der Waals surface area contributed by atoms with E-state index in [0.29, 0.717) is 11.3 Å². The second kappa shape index (κ2) is 8.58. The molecule has 1 saturated carbocycles. The van der Waals surface area contributed by atoms with E-state index in [1.54, 1.807) is 31.3 Å². The molecule has 0 atom stereocenters. The quantitative estimate of drug-likeness (QED) is 0.397. The number of aryl methyl sites for hydroxylation is 1. The van der Waals surface area contributed by atoms with Crippen LogP contribution in [0.5, 0.6) is 0 Å².